The summed E-state index contributed by atoms with van der Waals surface area (Å²) in [6.07, 6.45) is 2.70. The molecule has 2 aromatic rings. The van der Waals surface area contributed by atoms with Gasteiger partial charge in [-0.3, -0.25) is 4.79 Å². The van der Waals surface area contributed by atoms with Gasteiger partial charge in [0, 0.05) is 18.7 Å². The first-order valence-electron chi connectivity index (χ1n) is 7.69. The Hall–Kier alpha value is -2.09. The molecule has 0 radical (unpaired) electrons. The Kier molecular flexibility index (Phi) is 4.05. The Bertz CT molecular complexity index is 620. The molecule has 2 nitrogen and oxygen atoms in total. The van der Waals surface area contributed by atoms with Gasteiger partial charge in [-0.1, -0.05) is 55.5 Å². The number of hydrogen-bond donors (Lipinski definition) is 0. The Morgan fingerprint density at radius 2 is 1.81 bits per heavy atom. The molecule has 1 amide bonds. The summed E-state index contributed by atoms with van der Waals surface area (Å²) in [4.78, 5) is 14.6. The number of amides is 1. The monoisotopic (exact) mass is 279 g/mol. The molecule has 3 rings (SSSR count). The van der Waals surface area contributed by atoms with Crippen LogP contribution in [0.5, 0.6) is 0 Å². The molecule has 0 aliphatic carbocycles. The molecule has 0 N–H and O–H groups in total. The minimum atomic E-state index is 0.235. The van der Waals surface area contributed by atoms with Crippen molar-refractivity contribution >= 4 is 11.6 Å². The van der Waals surface area contributed by atoms with Crippen molar-refractivity contribution in [2.24, 2.45) is 0 Å². The van der Waals surface area contributed by atoms with E-state index in [2.05, 4.69) is 37.3 Å². The van der Waals surface area contributed by atoms with Crippen LogP contribution in [0.2, 0.25) is 0 Å². The third-order valence-corrected chi connectivity index (χ3v) is 4.26. The maximum atomic E-state index is 12.7. The summed E-state index contributed by atoms with van der Waals surface area (Å²) < 4.78 is 0. The van der Waals surface area contributed by atoms with Crippen molar-refractivity contribution in [3.05, 3.63) is 65.7 Å². The second-order valence-corrected chi connectivity index (χ2v) is 5.79. The minimum Gasteiger partial charge on any atom is -0.312 e. The number of carbonyl (C=O) groups is 1. The van der Waals surface area contributed by atoms with Gasteiger partial charge in [0.2, 0.25) is 5.91 Å². The van der Waals surface area contributed by atoms with E-state index in [9.17, 15) is 4.79 Å². The van der Waals surface area contributed by atoms with Gasteiger partial charge in [0.25, 0.3) is 0 Å². The number of fused-ring (bicyclic) bond motifs is 1. The lowest BCUT2D eigenvalue weighted by molar-refractivity contribution is -0.119. The van der Waals surface area contributed by atoms with Crippen LogP contribution in [-0.2, 0) is 11.2 Å². The molecule has 108 valence electrons. The minimum absolute atomic E-state index is 0.235. The van der Waals surface area contributed by atoms with Crippen LogP contribution in [0, 0.1) is 0 Å². The van der Waals surface area contributed by atoms with Gasteiger partial charge in [0.05, 0.1) is 0 Å². The summed E-state index contributed by atoms with van der Waals surface area (Å²) in [5.74, 6) is 0.492. The third kappa shape index (κ3) is 2.99. The Balaban J connectivity index is 1.75. The van der Waals surface area contributed by atoms with E-state index in [-0.39, 0.29) is 11.8 Å². The lowest BCUT2D eigenvalue weighted by Gasteiger charge is -2.30. The lowest BCUT2D eigenvalue weighted by Crippen LogP contribution is -2.36. The van der Waals surface area contributed by atoms with Crippen molar-refractivity contribution < 1.29 is 4.79 Å². The quantitative estimate of drug-likeness (QED) is 0.826. The molecule has 1 atom stereocenters. The molecule has 2 heteroatoms. The van der Waals surface area contributed by atoms with Gasteiger partial charge in [-0.25, -0.2) is 0 Å². The first-order valence-corrected chi connectivity index (χ1v) is 7.69. The van der Waals surface area contributed by atoms with Gasteiger partial charge in [-0.15, -0.1) is 0 Å². The fraction of sp³-hybridized carbons (Fsp3) is 0.316. The Labute approximate surface area is 126 Å². The molecule has 0 bridgehead atoms. The molecule has 21 heavy (non-hydrogen) atoms. The van der Waals surface area contributed by atoms with Gasteiger partial charge in [-0.2, -0.15) is 0 Å². The molecule has 1 aliphatic rings. The van der Waals surface area contributed by atoms with Gasteiger partial charge in [0.15, 0.2) is 0 Å². The number of para-hydroxylation sites is 1. The standard InChI is InChI=1S/C19H21NO/c1-15(16-8-3-2-4-9-16)14-19(21)20-13-7-11-17-10-5-6-12-18(17)20/h2-6,8-10,12,15H,7,11,13-14H2,1H3. The second-order valence-electron chi connectivity index (χ2n) is 5.79. The van der Waals surface area contributed by atoms with Crippen LogP contribution in [0.25, 0.3) is 0 Å². The molecule has 0 spiro atoms. The van der Waals surface area contributed by atoms with Crippen LogP contribution in [0.3, 0.4) is 0 Å². The number of hydrogen-bond acceptors (Lipinski definition) is 1. The van der Waals surface area contributed by atoms with E-state index < -0.39 is 0 Å². The van der Waals surface area contributed by atoms with E-state index in [1.165, 1.54) is 11.1 Å². The summed E-state index contributed by atoms with van der Waals surface area (Å²) in [7, 11) is 0. The molecule has 0 saturated carbocycles. The smallest absolute Gasteiger partial charge is 0.227 e. The van der Waals surface area contributed by atoms with Gasteiger partial charge >= 0.3 is 0 Å². The van der Waals surface area contributed by atoms with E-state index in [4.69, 9.17) is 0 Å². The Morgan fingerprint density at radius 3 is 2.62 bits per heavy atom. The third-order valence-electron chi connectivity index (χ3n) is 4.26. The van der Waals surface area contributed by atoms with Crippen molar-refractivity contribution in [3.8, 4) is 0 Å². The predicted molar refractivity (Wildman–Crippen MR) is 86.6 cm³/mol. The van der Waals surface area contributed by atoms with E-state index in [0.717, 1.165) is 25.1 Å². The van der Waals surface area contributed by atoms with E-state index >= 15 is 0 Å². The maximum Gasteiger partial charge on any atom is 0.227 e. The van der Waals surface area contributed by atoms with E-state index in [0.29, 0.717) is 6.42 Å². The normalized spacial score (nSPS) is 15.4. The van der Waals surface area contributed by atoms with E-state index in [1.54, 1.807) is 0 Å². The van der Waals surface area contributed by atoms with Crippen LogP contribution in [-0.4, -0.2) is 12.5 Å². The highest BCUT2D eigenvalue weighted by molar-refractivity contribution is 5.95. The zero-order chi connectivity index (χ0) is 14.7. The van der Waals surface area contributed by atoms with Gasteiger partial charge in [0.1, 0.15) is 0 Å². The van der Waals surface area contributed by atoms with Crippen LogP contribution >= 0.6 is 0 Å². The highest BCUT2D eigenvalue weighted by atomic mass is 16.2. The number of carbonyl (C=O) groups excluding carboxylic acids is 1. The maximum absolute atomic E-state index is 12.7. The molecule has 1 aliphatic heterocycles. The zero-order valence-corrected chi connectivity index (χ0v) is 12.5. The topological polar surface area (TPSA) is 20.3 Å². The van der Waals surface area contributed by atoms with Crippen molar-refractivity contribution in [2.75, 3.05) is 11.4 Å². The van der Waals surface area contributed by atoms with E-state index in [1.807, 2.05) is 29.2 Å². The number of anilines is 1. The van der Waals surface area contributed by atoms with Crippen molar-refractivity contribution in [2.45, 2.75) is 32.1 Å². The molecule has 0 saturated heterocycles. The largest absolute Gasteiger partial charge is 0.312 e. The number of aryl methyl sites for hydroxylation is 1. The van der Waals surface area contributed by atoms with Gasteiger partial charge < -0.3 is 4.90 Å². The summed E-state index contributed by atoms with van der Waals surface area (Å²) in [6.45, 7) is 2.97. The fourth-order valence-corrected chi connectivity index (χ4v) is 3.06. The fourth-order valence-electron chi connectivity index (χ4n) is 3.06. The van der Waals surface area contributed by atoms with Crippen LogP contribution in [0.4, 0.5) is 5.69 Å². The summed E-state index contributed by atoms with van der Waals surface area (Å²) in [5.41, 5.74) is 3.63. The molecule has 1 unspecified atom stereocenters. The highest BCUT2D eigenvalue weighted by Gasteiger charge is 2.23. The number of benzene rings is 2. The van der Waals surface area contributed by atoms with Crippen LogP contribution in [0.15, 0.2) is 54.6 Å². The average Bonchev–Trinajstić information content (AvgIpc) is 2.55. The average molecular weight is 279 g/mol. The SMILES string of the molecule is CC(CC(=O)N1CCCc2ccccc21)c1ccccc1. The number of nitrogens with zero attached hydrogens (tertiary/aromatic N) is 1. The zero-order valence-electron chi connectivity index (χ0n) is 12.5. The number of rotatable bonds is 3. The first-order chi connectivity index (χ1) is 10.3. The van der Waals surface area contributed by atoms with Crippen LogP contribution < -0.4 is 4.90 Å². The molecule has 0 aromatic heterocycles. The summed E-state index contributed by atoms with van der Waals surface area (Å²) in [5, 5.41) is 0. The predicted octanol–water partition coefficient (Wildman–Crippen LogP) is 4.16. The molecule has 2 aromatic carbocycles. The Morgan fingerprint density at radius 1 is 1.10 bits per heavy atom. The van der Waals surface area contributed by atoms with Gasteiger partial charge in [-0.05, 0) is 36.0 Å². The summed E-state index contributed by atoms with van der Waals surface area (Å²) >= 11 is 0. The molecular formula is C19H21NO. The molecule has 0 fully saturated rings. The lowest BCUT2D eigenvalue weighted by atomic mass is 9.95. The van der Waals surface area contributed by atoms with Crippen molar-refractivity contribution in [1.82, 2.24) is 0 Å². The molecule has 1 heterocycles. The van der Waals surface area contributed by atoms with Crippen molar-refractivity contribution in [3.63, 3.8) is 0 Å². The van der Waals surface area contributed by atoms with Crippen LogP contribution in [0.1, 0.15) is 36.8 Å². The highest BCUT2D eigenvalue weighted by Crippen LogP contribution is 2.29. The second kappa shape index (κ2) is 6.13. The summed E-state index contributed by atoms with van der Waals surface area (Å²) in [6, 6.07) is 18.6. The van der Waals surface area contributed by atoms with Crippen molar-refractivity contribution in [1.29, 1.82) is 0 Å². The molecular weight excluding hydrogens is 258 g/mol. The first kappa shape index (κ1) is 13.9.